The van der Waals surface area contributed by atoms with Crippen LogP contribution in [0.2, 0.25) is 5.02 Å². The fraction of sp³-hybridized carbons (Fsp3) is 0.200. The first-order chi connectivity index (χ1) is 10.2. The van der Waals surface area contributed by atoms with Crippen molar-refractivity contribution in [2.45, 2.75) is 12.3 Å². The average Bonchev–Trinajstić information content (AvgIpc) is 2.81. The van der Waals surface area contributed by atoms with E-state index in [1.165, 1.54) is 10.2 Å². The molecule has 0 amide bonds. The van der Waals surface area contributed by atoms with E-state index in [0.717, 1.165) is 16.5 Å². The predicted molar refractivity (Wildman–Crippen MR) is 87.1 cm³/mol. The fourth-order valence-electron chi connectivity index (χ4n) is 2.08. The molecule has 0 atom stereocenters. The average molecular weight is 320 g/mol. The van der Waals surface area contributed by atoms with Crippen LogP contribution in [0, 0.1) is 0 Å². The second-order valence-corrected chi connectivity index (χ2v) is 6.16. The summed E-state index contributed by atoms with van der Waals surface area (Å²) in [4.78, 5) is 12.1. The Bertz CT molecular complexity index is 812. The zero-order chi connectivity index (χ0) is 14.7. The topological polar surface area (TPSA) is 39.3 Å². The van der Waals surface area contributed by atoms with E-state index < -0.39 is 0 Å². The lowest BCUT2D eigenvalue weighted by Crippen LogP contribution is -2.22. The number of halogens is 1. The minimum absolute atomic E-state index is 0.0889. The van der Waals surface area contributed by atoms with Crippen molar-refractivity contribution in [3.05, 3.63) is 69.7 Å². The van der Waals surface area contributed by atoms with Gasteiger partial charge in [-0.1, -0.05) is 29.8 Å². The number of fused-ring (bicyclic) bond motifs is 1. The van der Waals surface area contributed by atoms with Gasteiger partial charge in [-0.05, 0) is 29.8 Å². The molecule has 1 aromatic carbocycles. The summed E-state index contributed by atoms with van der Waals surface area (Å²) in [6, 6.07) is 13.4. The van der Waals surface area contributed by atoms with Gasteiger partial charge in [-0.3, -0.25) is 4.40 Å². The number of aromatic nitrogens is 3. The first-order valence-corrected chi connectivity index (χ1v) is 8.14. The molecule has 0 aliphatic rings. The van der Waals surface area contributed by atoms with E-state index in [9.17, 15) is 4.79 Å². The molecule has 108 valence electrons. The van der Waals surface area contributed by atoms with Crippen molar-refractivity contribution in [2.24, 2.45) is 0 Å². The summed E-state index contributed by atoms with van der Waals surface area (Å²) in [6.07, 6.45) is 1.74. The zero-order valence-electron chi connectivity index (χ0n) is 11.3. The Hall–Kier alpha value is -1.72. The number of hydrogen-bond acceptors (Lipinski definition) is 3. The van der Waals surface area contributed by atoms with Gasteiger partial charge >= 0.3 is 5.69 Å². The van der Waals surface area contributed by atoms with Crippen LogP contribution in [0.4, 0.5) is 0 Å². The van der Waals surface area contributed by atoms with Crippen LogP contribution in [0.25, 0.3) is 5.65 Å². The summed E-state index contributed by atoms with van der Waals surface area (Å²) in [5, 5.41) is 5.06. The third-order valence-corrected chi connectivity index (χ3v) is 4.34. The molecule has 0 aliphatic heterocycles. The van der Waals surface area contributed by atoms with Crippen molar-refractivity contribution in [3.63, 3.8) is 0 Å². The van der Waals surface area contributed by atoms with E-state index in [-0.39, 0.29) is 5.69 Å². The summed E-state index contributed by atoms with van der Waals surface area (Å²) in [7, 11) is 0. The lowest BCUT2D eigenvalue weighted by Gasteiger charge is -2.02. The van der Waals surface area contributed by atoms with Gasteiger partial charge < -0.3 is 0 Å². The van der Waals surface area contributed by atoms with Gasteiger partial charge in [-0.2, -0.15) is 11.8 Å². The van der Waals surface area contributed by atoms with Gasteiger partial charge in [0.15, 0.2) is 5.65 Å². The molecule has 0 saturated heterocycles. The van der Waals surface area contributed by atoms with Gasteiger partial charge in [-0.15, -0.1) is 5.10 Å². The molecule has 0 spiro atoms. The van der Waals surface area contributed by atoms with Crippen LogP contribution in [0.3, 0.4) is 0 Å². The molecule has 6 heteroatoms. The highest BCUT2D eigenvalue weighted by Gasteiger charge is 2.05. The van der Waals surface area contributed by atoms with E-state index in [4.69, 9.17) is 11.6 Å². The number of pyridine rings is 1. The van der Waals surface area contributed by atoms with E-state index in [0.29, 0.717) is 12.2 Å². The maximum Gasteiger partial charge on any atom is 0.350 e. The smallest absolute Gasteiger partial charge is 0.250 e. The third-order valence-electron chi connectivity index (χ3n) is 3.09. The van der Waals surface area contributed by atoms with Crippen LogP contribution in [0.1, 0.15) is 5.56 Å². The quantitative estimate of drug-likeness (QED) is 0.678. The number of aryl methyl sites for hydroxylation is 1. The molecule has 2 aromatic heterocycles. The summed E-state index contributed by atoms with van der Waals surface area (Å²) < 4.78 is 3.07. The highest BCUT2D eigenvalue weighted by molar-refractivity contribution is 7.98. The standard InChI is InChI=1S/C15H14ClN3OS/c16-13-5-3-4-12(10-13)11-21-9-8-19-15(20)18-7-2-1-6-14(18)17-19/h1-7,10H,8-9,11H2. The Morgan fingerprint density at radius 3 is 2.90 bits per heavy atom. The van der Waals surface area contributed by atoms with E-state index in [1.807, 2.05) is 36.4 Å². The molecule has 0 saturated carbocycles. The molecular weight excluding hydrogens is 306 g/mol. The number of rotatable bonds is 5. The number of thioether (sulfide) groups is 1. The van der Waals surface area contributed by atoms with Gasteiger partial charge in [0.05, 0.1) is 6.54 Å². The maximum atomic E-state index is 12.1. The summed E-state index contributed by atoms with van der Waals surface area (Å²) >= 11 is 7.71. The molecule has 21 heavy (non-hydrogen) atoms. The van der Waals surface area contributed by atoms with Gasteiger partial charge in [0.25, 0.3) is 0 Å². The molecule has 3 rings (SSSR count). The first-order valence-electron chi connectivity index (χ1n) is 6.60. The van der Waals surface area contributed by atoms with Gasteiger partial charge in [0.1, 0.15) is 0 Å². The third kappa shape index (κ3) is 3.31. The predicted octanol–water partition coefficient (Wildman–Crippen LogP) is 3.08. The van der Waals surface area contributed by atoms with Crippen LogP contribution < -0.4 is 5.69 Å². The monoisotopic (exact) mass is 319 g/mol. The van der Waals surface area contributed by atoms with E-state index in [1.54, 1.807) is 22.4 Å². The summed E-state index contributed by atoms with van der Waals surface area (Å²) in [6.45, 7) is 0.603. The Morgan fingerprint density at radius 1 is 1.19 bits per heavy atom. The second-order valence-electron chi connectivity index (χ2n) is 4.62. The maximum absolute atomic E-state index is 12.1. The van der Waals surface area contributed by atoms with Crippen molar-refractivity contribution >= 4 is 29.0 Å². The first kappa shape index (κ1) is 14.2. The molecule has 2 heterocycles. The van der Waals surface area contributed by atoms with Crippen molar-refractivity contribution in [3.8, 4) is 0 Å². The molecule has 0 aliphatic carbocycles. The largest absolute Gasteiger partial charge is 0.350 e. The van der Waals surface area contributed by atoms with E-state index >= 15 is 0 Å². The van der Waals surface area contributed by atoms with Gasteiger partial charge in [-0.25, -0.2) is 9.48 Å². The normalized spacial score (nSPS) is 11.1. The van der Waals surface area contributed by atoms with Crippen LogP contribution in [-0.4, -0.2) is 19.9 Å². The number of hydrogen-bond donors (Lipinski definition) is 0. The highest BCUT2D eigenvalue weighted by Crippen LogP contribution is 2.16. The van der Waals surface area contributed by atoms with Crippen LogP contribution >= 0.6 is 23.4 Å². The molecule has 3 aromatic rings. The Balaban J connectivity index is 1.60. The second kappa shape index (κ2) is 6.37. The van der Waals surface area contributed by atoms with Crippen LogP contribution in [0.5, 0.6) is 0 Å². The SMILES string of the molecule is O=c1n(CCSCc2cccc(Cl)c2)nc2ccccn12. The van der Waals surface area contributed by atoms with Crippen LogP contribution in [0.15, 0.2) is 53.5 Å². The van der Waals surface area contributed by atoms with Crippen molar-refractivity contribution < 1.29 is 0 Å². The summed E-state index contributed by atoms with van der Waals surface area (Å²) in [5.41, 5.74) is 1.78. The highest BCUT2D eigenvalue weighted by atomic mass is 35.5. The fourth-order valence-corrected chi connectivity index (χ4v) is 3.16. The summed E-state index contributed by atoms with van der Waals surface area (Å²) in [5.74, 6) is 1.71. The Labute approximate surface area is 131 Å². The lowest BCUT2D eigenvalue weighted by molar-refractivity contribution is 0.639. The molecule has 4 nitrogen and oxygen atoms in total. The molecular formula is C15H14ClN3OS. The van der Waals surface area contributed by atoms with Crippen molar-refractivity contribution in [1.29, 1.82) is 0 Å². The number of benzene rings is 1. The molecule has 0 unspecified atom stereocenters. The lowest BCUT2D eigenvalue weighted by atomic mass is 10.2. The Morgan fingerprint density at radius 2 is 2.10 bits per heavy atom. The van der Waals surface area contributed by atoms with Crippen molar-refractivity contribution in [2.75, 3.05) is 5.75 Å². The Kier molecular flexibility index (Phi) is 4.31. The molecule has 0 bridgehead atoms. The molecule has 0 radical (unpaired) electrons. The van der Waals surface area contributed by atoms with Crippen LogP contribution in [-0.2, 0) is 12.3 Å². The van der Waals surface area contributed by atoms with Gasteiger partial charge in [0.2, 0.25) is 0 Å². The van der Waals surface area contributed by atoms with Gasteiger partial charge in [0, 0.05) is 22.7 Å². The minimum Gasteiger partial charge on any atom is -0.250 e. The minimum atomic E-state index is -0.0889. The molecule has 0 fully saturated rings. The van der Waals surface area contributed by atoms with E-state index in [2.05, 4.69) is 11.2 Å². The number of nitrogens with zero attached hydrogens (tertiary/aromatic N) is 3. The van der Waals surface area contributed by atoms with Crippen molar-refractivity contribution in [1.82, 2.24) is 14.2 Å². The molecule has 0 N–H and O–H groups in total. The zero-order valence-corrected chi connectivity index (χ0v) is 12.8.